The van der Waals surface area contributed by atoms with E-state index in [1.165, 1.54) is 18.6 Å². The molecule has 0 bridgehead atoms. The maximum Gasteiger partial charge on any atom is 0.254 e. The molecule has 1 fully saturated rings. The standard InChI is InChI=1S/C15H23N3OS/c1-3-6-16-14-8-11(2)17-10-13(14)15(19)18-9-12-5-4-7-20-12/h8,10,12H,3-7,9H2,1-2H3,(H,16,17)(H,18,19). The summed E-state index contributed by atoms with van der Waals surface area (Å²) in [6.07, 6.45) is 5.17. The fourth-order valence-corrected chi connectivity index (χ4v) is 3.45. The van der Waals surface area contributed by atoms with E-state index in [0.29, 0.717) is 10.8 Å². The van der Waals surface area contributed by atoms with Crippen LogP contribution in [-0.4, -0.2) is 35.0 Å². The molecule has 2 N–H and O–H groups in total. The molecule has 2 rings (SSSR count). The van der Waals surface area contributed by atoms with Crippen molar-refractivity contribution < 1.29 is 4.79 Å². The van der Waals surface area contributed by atoms with E-state index in [4.69, 9.17) is 0 Å². The number of anilines is 1. The third-order valence-electron chi connectivity index (χ3n) is 3.37. The van der Waals surface area contributed by atoms with Gasteiger partial charge >= 0.3 is 0 Å². The molecule has 20 heavy (non-hydrogen) atoms. The number of amides is 1. The molecule has 110 valence electrons. The molecule has 1 amide bonds. The number of carbonyl (C=O) groups excluding carboxylic acids is 1. The fourth-order valence-electron chi connectivity index (χ4n) is 2.25. The summed E-state index contributed by atoms with van der Waals surface area (Å²) < 4.78 is 0. The minimum absolute atomic E-state index is 0.0244. The van der Waals surface area contributed by atoms with Crippen molar-refractivity contribution >= 4 is 23.4 Å². The van der Waals surface area contributed by atoms with Crippen LogP contribution < -0.4 is 10.6 Å². The van der Waals surface area contributed by atoms with Gasteiger partial charge in [0.15, 0.2) is 0 Å². The van der Waals surface area contributed by atoms with Crippen molar-refractivity contribution in [3.05, 3.63) is 23.5 Å². The Hall–Kier alpha value is -1.23. The molecule has 1 aliphatic heterocycles. The average molecular weight is 293 g/mol. The van der Waals surface area contributed by atoms with Crippen LogP contribution in [0.4, 0.5) is 5.69 Å². The first kappa shape index (κ1) is 15.2. The maximum absolute atomic E-state index is 12.3. The summed E-state index contributed by atoms with van der Waals surface area (Å²) in [7, 11) is 0. The Bertz CT molecular complexity index is 458. The van der Waals surface area contributed by atoms with Gasteiger partial charge in [-0.1, -0.05) is 6.92 Å². The number of carbonyl (C=O) groups is 1. The summed E-state index contributed by atoms with van der Waals surface area (Å²) in [6, 6.07) is 1.94. The normalized spacial score (nSPS) is 18.0. The topological polar surface area (TPSA) is 54.0 Å². The van der Waals surface area contributed by atoms with Crippen molar-refractivity contribution in [3.63, 3.8) is 0 Å². The average Bonchev–Trinajstić information content (AvgIpc) is 2.96. The molecule has 1 aliphatic rings. The lowest BCUT2D eigenvalue weighted by atomic mass is 10.2. The van der Waals surface area contributed by atoms with Gasteiger partial charge in [0.05, 0.1) is 11.3 Å². The molecule has 1 aromatic rings. The van der Waals surface area contributed by atoms with Crippen molar-refractivity contribution in [3.8, 4) is 0 Å². The summed E-state index contributed by atoms with van der Waals surface area (Å²) in [4.78, 5) is 16.5. The number of nitrogens with one attached hydrogen (secondary N) is 2. The number of aromatic nitrogens is 1. The Morgan fingerprint density at radius 3 is 3.10 bits per heavy atom. The monoisotopic (exact) mass is 293 g/mol. The molecule has 0 aliphatic carbocycles. The minimum atomic E-state index is -0.0244. The molecular weight excluding hydrogens is 270 g/mol. The molecular formula is C15H23N3OS. The van der Waals surface area contributed by atoms with E-state index in [0.717, 1.165) is 30.9 Å². The molecule has 1 aromatic heterocycles. The highest BCUT2D eigenvalue weighted by Gasteiger charge is 2.18. The largest absolute Gasteiger partial charge is 0.384 e. The fraction of sp³-hybridized carbons (Fsp3) is 0.600. The lowest BCUT2D eigenvalue weighted by Crippen LogP contribution is -2.30. The van der Waals surface area contributed by atoms with E-state index >= 15 is 0 Å². The summed E-state index contributed by atoms with van der Waals surface area (Å²) in [5.74, 6) is 1.19. The zero-order valence-electron chi connectivity index (χ0n) is 12.2. The van der Waals surface area contributed by atoms with Gasteiger partial charge in [-0.05, 0) is 38.0 Å². The van der Waals surface area contributed by atoms with Gasteiger partial charge in [-0.3, -0.25) is 9.78 Å². The molecule has 0 spiro atoms. The molecule has 1 unspecified atom stereocenters. The molecule has 1 atom stereocenters. The van der Waals surface area contributed by atoms with Crippen LogP contribution in [0.1, 0.15) is 42.2 Å². The third-order valence-corrected chi connectivity index (χ3v) is 4.76. The van der Waals surface area contributed by atoms with Gasteiger partial charge in [0.1, 0.15) is 0 Å². The summed E-state index contributed by atoms with van der Waals surface area (Å²) >= 11 is 1.95. The van der Waals surface area contributed by atoms with Gasteiger partial charge in [0.2, 0.25) is 0 Å². The van der Waals surface area contributed by atoms with Crippen LogP contribution in [0.2, 0.25) is 0 Å². The van der Waals surface area contributed by atoms with E-state index in [1.54, 1.807) is 6.20 Å². The second-order valence-electron chi connectivity index (χ2n) is 5.14. The zero-order chi connectivity index (χ0) is 14.4. The number of aryl methyl sites for hydroxylation is 1. The van der Waals surface area contributed by atoms with Gasteiger partial charge in [0.25, 0.3) is 5.91 Å². The van der Waals surface area contributed by atoms with Gasteiger partial charge in [-0.25, -0.2) is 0 Å². The molecule has 5 heteroatoms. The van der Waals surface area contributed by atoms with E-state index in [9.17, 15) is 4.79 Å². The van der Waals surface area contributed by atoms with E-state index in [2.05, 4.69) is 22.5 Å². The number of pyridine rings is 1. The first-order valence-electron chi connectivity index (χ1n) is 7.31. The van der Waals surface area contributed by atoms with Crippen molar-refractivity contribution in [2.75, 3.05) is 24.2 Å². The first-order valence-corrected chi connectivity index (χ1v) is 8.36. The third kappa shape index (κ3) is 4.13. The van der Waals surface area contributed by atoms with E-state index in [-0.39, 0.29) is 5.91 Å². The highest BCUT2D eigenvalue weighted by molar-refractivity contribution is 8.00. The van der Waals surface area contributed by atoms with Gasteiger partial charge in [-0.15, -0.1) is 0 Å². The lowest BCUT2D eigenvalue weighted by Gasteiger charge is -2.14. The van der Waals surface area contributed by atoms with E-state index in [1.807, 2.05) is 24.8 Å². The van der Waals surface area contributed by atoms with Crippen LogP contribution in [0.3, 0.4) is 0 Å². The summed E-state index contributed by atoms with van der Waals surface area (Å²) in [5, 5.41) is 6.92. The SMILES string of the molecule is CCCNc1cc(C)ncc1C(=O)NCC1CCCS1. The minimum Gasteiger partial charge on any atom is -0.384 e. The quantitative estimate of drug-likeness (QED) is 0.847. The highest BCUT2D eigenvalue weighted by Crippen LogP contribution is 2.25. The molecule has 1 saturated heterocycles. The number of hydrogen-bond acceptors (Lipinski definition) is 4. The van der Waals surface area contributed by atoms with Crippen LogP contribution in [-0.2, 0) is 0 Å². The molecule has 2 heterocycles. The molecule has 0 radical (unpaired) electrons. The van der Waals surface area contributed by atoms with Gasteiger partial charge < -0.3 is 10.6 Å². The number of hydrogen-bond donors (Lipinski definition) is 2. The Kier molecular flexibility index (Phi) is 5.71. The molecule has 0 saturated carbocycles. The predicted octanol–water partition coefficient (Wildman–Crippen LogP) is 2.84. The second-order valence-corrected chi connectivity index (χ2v) is 6.55. The van der Waals surface area contributed by atoms with Crippen molar-refractivity contribution in [2.45, 2.75) is 38.4 Å². The Morgan fingerprint density at radius 1 is 1.55 bits per heavy atom. The number of nitrogens with zero attached hydrogens (tertiary/aromatic N) is 1. The first-order chi connectivity index (χ1) is 9.70. The molecule has 4 nitrogen and oxygen atoms in total. The van der Waals surface area contributed by atoms with Crippen molar-refractivity contribution in [1.82, 2.24) is 10.3 Å². The Balaban J connectivity index is 1.99. The van der Waals surface area contributed by atoms with Crippen LogP contribution in [0.15, 0.2) is 12.3 Å². The van der Waals surface area contributed by atoms with Gasteiger partial charge in [-0.2, -0.15) is 11.8 Å². The smallest absolute Gasteiger partial charge is 0.254 e. The maximum atomic E-state index is 12.3. The number of thioether (sulfide) groups is 1. The van der Waals surface area contributed by atoms with Crippen LogP contribution in [0, 0.1) is 6.92 Å². The zero-order valence-corrected chi connectivity index (χ0v) is 13.1. The number of rotatable bonds is 6. The summed E-state index contributed by atoms with van der Waals surface area (Å²) in [6.45, 7) is 5.67. The van der Waals surface area contributed by atoms with Crippen molar-refractivity contribution in [1.29, 1.82) is 0 Å². The second kappa shape index (κ2) is 7.53. The predicted molar refractivity (Wildman–Crippen MR) is 85.6 cm³/mol. The van der Waals surface area contributed by atoms with Gasteiger partial charge in [0, 0.05) is 30.2 Å². The molecule has 0 aromatic carbocycles. The van der Waals surface area contributed by atoms with Crippen LogP contribution >= 0.6 is 11.8 Å². The Labute approximate surface area is 125 Å². The van der Waals surface area contributed by atoms with Crippen molar-refractivity contribution in [2.24, 2.45) is 0 Å². The van der Waals surface area contributed by atoms with Crippen LogP contribution in [0.25, 0.3) is 0 Å². The van der Waals surface area contributed by atoms with E-state index < -0.39 is 0 Å². The lowest BCUT2D eigenvalue weighted by molar-refractivity contribution is 0.0954. The van der Waals surface area contributed by atoms with Crippen LogP contribution in [0.5, 0.6) is 0 Å². The highest BCUT2D eigenvalue weighted by atomic mass is 32.2. The Morgan fingerprint density at radius 2 is 2.40 bits per heavy atom. The summed E-state index contributed by atoms with van der Waals surface area (Å²) in [5.41, 5.74) is 2.45.